The largest absolute Gasteiger partial charge is 0.289 e. The van der Waals surface area contributed by atoms with E-state index in [0.29, 0.717) is 6.07 Å². The van der Waals surface area contributed by atoms with Gasteiger partial charge in [0.1, 0.15) is 11.6 Å². The van der Waals surface area contributed by atoms with Crippen molar-refractivity contribution in [2.75, 3.05) is 0 Å². The van der Waals surface area contributed by atoms with Crippen LogP contribution >= 0.6 is 0 Å². The molecule has 0 atom stereocenters. The number of benzene rings is 1. The summed E-state index contributed by atoms with van der Waals surface area (Å²) in [5, 5.41) is 0. The van der Waals surface area contributed by atoms with Crippen LogP contribution in [0.2, 0.25) is 0 Å². The van der Waals surface area contributed by atoms with Crippen LogP contribution in [-0.2, 0) is 0 Å². The topological polar surface area (TPSA) is 17.1 Å². The van der Waals surface area contributed by atoms with E-state index in [-0.39, 0.29) is 5.56 Å². The van der Waals surface area contributed by atoms with E-state index < -0.39 is 17.4 Å². The Morgan fingerprint density at radius 2 is 2.08 bits per heavy atom. The Kier molecular flexibility index (Phi) is 2.33. The van der Waals surface area contributed by atoms with E-state index in [9.17, 15) is 13.6 Å². The Hall–Kier alpha value is -1.51. The summed E-state index contributed by atoms with van der Waals surface area (Å²) in [5.41, 5.74) is -0.161. The standard InChI is InChI=1S/C9H6F2O/c1-2-9(12)7-4-3-6(10)5-8(7)11/h2-5H,1H2. The lowest BCUT2D eigenvalue weighted by atomic mass is 10.1. The second-order valence-corrected chi connectivity index (χ2v) is 2.19. The van der Waals surface area contributed by atoms with E-state index in [1.165, 1.54) is 0 Å². The second-order valence-electron chi connectivity index (χ2n) is 2.19. The molecule has 0 amide bonds. The highest BCUT2D eigenvalue weighted by Gasteiger charge is 2.08. The minimum atomic E-state index is -0.861. The molecule has 3 heteroatoms. The summed E-state index contributed by atoms with van der Waals surface area (Å²) in [6, 6.07) is 2.78. The number of carbonyl (C=O) groups excluding carboxylic acids is 1. The van der Waals surface area contributed by atoms with Crippen molar-refractivity contribution in [2.24, 2.45) is 0 Å². The molecule has 0 heterocycles. The van der Waals surface area contributed by atoms with E-state index in [0.717, 1.165) is 18.2 Å². The molecule has 62 valence electrons. The van der Waals surface area contributed by atoms with Gasteiger partial charge < -0.3 is 0 Å². The van der Waals surface area contributed by atoms with Crippen molar-refractivity contribution >= 4 is 5.78 Å². The molecule has 0 radical (unpaired) electrons. The van der Waals surface area contributed by atoms with Crippen molar-refractivity contribution in [3.8, 4) is 0 Å². The van der Waals surface area contributed by atoms with E-state index in [1.54, 1.807) is 0 Å². The van der Waals surface area contributed by atoms with Crippen LogP contribution in [0.25, 0.3) is 0 Å². The number of allylic oxidation sites excluding steroid dienone is 1. The van der Waals surface area contributed by atoms with Gasteiger partial charge in [-0.3, -0.25) is 4.79 Å². The molecule has 12 heavy (non-hydrogen) atoms. The smallest absolute Gasteiger partial charge is 0.188 e. The summed E-state index contributed by atoms with van der Waals surface area (Å²) in [6.07, 6.45) is 0.982. The van der Waals surface area contributed by atoms with Gasteiger partial charge in [-0.1, -0.05) is 6.58 Å². The summed E-state index contributed by atoms with van der Waals surface area (Å²) in [7, 11) is 0. The van der Waals surface area contributed by atoms with Crippen molar-refractivity contribution in [1.29, 1.82) is 0 Å². The average Bonchev–Trinajstić information content (AvgIpc) is 2.03. The maximum Gasteiger partial charge on any atom is 0.188 e. The molecule has 0 aliphatic heterocycles. The minimum absolute atomic E-state index is 0.161. The Morgan fingerprint density at radius 1 is 1.42 bits per heavy atom. The van der Waals surface area contributed by atoms with Gasteiger partial charge in [0.15, 0.2) is 5.78 Å². The molecular weight excluding hydrogens is 162 g/mol. The fourth-order valence-corrected chi connectivity index (χ4v) is 0.799. The third-order valence-electron chi connectivity index (χ3n) is 1.38. The van der Waals surface area contributed by atoms with Crippen LogP contribution in [0.3, 0.4) is 0 Å². The minimum Gasteiger partial charge on any atom is -0.289 e. The highest BCUT2D eigenvalue weighted by Crippen LogP contribution is 2.10. The van der Waals surface area contributed by atoms with Crippen molar-refractivity contribution in [3.63, 3.8) is 0 Å². The molecule has 0 aliphatic carbocycles. The molecule has 1 aromatic carbocycles. The Morgan fingerprint density at radius 3 is 2.58 bits per heavy atom. The summed E-state index contributed by atoms with van der Waals surface area (Å²) in [6.45, 7) is 3.19. The molecule has 0 saturated heterocycles. The first-order valence-corrected chi connectivity index (χ1v) is 3.27. The number of hydrogen-bond acceptors (Lipinski definition) is 1. The van der Waals surface area contributed by atoms with Crippen LogP contribution in [0.5, 0.6) is 0 Å². The van der Waals surface area contributed by atoms with Crippen molar-refractivity contribution < 1.29 is 13.6 Å². The fourth-order valence-electron chi connectivity index (χ4n) is 0.799. The zero-order valence-corrected chi connectivity index (χ0v) is 6.18. The lowest BCUT2D eigenvalue weighted by Gasteiger charge is -1.96. The van der Waals surface area contributed by atoms with Gasteiger partial charge >= 0.3 is 0 Å². The van der Waals surface area contributed by atoms with E-state index in [1.807, 2.05) is 0 Å². The highest BCUT2D eigenvalue weighted by atomic mass is 19.1. The second kappa shape index (κ2) is 3.26. The maximum atomic E-state index is 12.8. The molecule has 0 aliphatic rings. The van der Waals surface area contributed by atoms with Gasteiger partial charge in [-0.05, 0) is 18.2 Å². The van der Waals surface area contributed by atoms with Gasteiger partial charge in [-0.2, -0.15) is 0 Å². The third-order valence-corrected chi connectivity index (χ3v) is 1.38. The first-order valence-electron chi connectivity index (χ1n) is 3.27. The SMILES string of the molecule is C=CC(=O)c1ccc(F)cc1F. The molecule has 0 spiro atoms. The number of ketones is 1. The van der Waals surface area contributed by atoms with Crippen LogP contribution in [0.1, 0.15) is 10.4 Å². The predicted molar refractivity (Wildman–Crippen MR) is 40.9 cm³/mol. The molecule has 0 unspecified atom stereocenters. The predicted octanol–water partition coefficient (Wildman–Crippen LogP) is 2.33. The number of carbonyl (C=O) groups is 1. The molecular formula is C9H6F2O. The van der Waals surface area contributed by atoms with Crippen LogP contribution in [0.15, 0.2) is 30.9 Å². The first-order chi connectivity index (χ1) is 5.65. The van der Waals surface area contributed by atoms with Gasteiger partial charge in [-0.15, -0.1) is 0 Å². The molecule has 0 bridgehead atoms. The summed E-state index contributed by atoms with van der Waals surface area (Å²) in [4.78, 5) is 10.9. The first kappa shape index (κ1) is 8.59. The van der Waals surface area contributed by atoms with Crippen molar-refractivity contribution in [1.82, 2.24) is 0 Å². The summed E-state index contributed by atoms with van der Waals surface area (Å²) in [5.74, 6) is -2.11. The lowest BCUT2D eigenvalue weighted by Crippen LogP contribution is -1.98. The van der Waals surface area contributed by atoms with Crippen molar-refractivity contribution in [2.45, 2.75) is 0 Å². The Labute approximate surface area is 68.3 Å². The molecule has 0 fully saturated rings. The van der Waals surface area contributed by atoms with Gasteiger partial charge in [0.25, 0.3) is 0 Å². The molecule has 1 nitrogen and oxygen atoms in total. The van der Waals surface area contributed by atoms with E-state index >= 15 is 0 Å². The van der Waals surface area contributed by atoms with Crippen LogP contribution in [0.4, 0.5) is 8.78 Å². The molecule has 0 N–H and O–H groups in total. The highest BCUT2D eigenvalue weighted by molar-refractivity contribution is 6.04. The zero-order chi connectivity index (χ0) is 9.14. The Balaban J connectivity index is 3.18. The van der Waals surface area contributed by atoms with Crippen LogP contribution < -0.4 is 0 Å². The summed E-state index contributed by atoms with van der Waals surface area (Å²) < 4.78 is 25.1. The number of hydrogen-bond donors (Lipinski definition) is 0. The zero-order valence-electron chi connectivity index (χ0n) is 6.18. The van der Waals surface area contributed by atoms with E-state index in [4.69, 9.17) is 0 Å². The summed E-state index contributed by atoms with van der Waals surface area (Å²) >= 11 is 0. The maximum absolute atomic E-state index is 12.8. The average molecular weight is 168 g/mol. The Bertz CT molecular complexity index is 331. The normalized spacial score (nSPS) is 9.50. The van der Waals surface area contributed by atoms with Gasteiger partial charge in [0.2, 0.25) is 0 Å². The number of halogens is 2. The van der Waals surface area contributed by atoms with Gasteiger partial charge in [0, 0.05) is 6.07 Å². The number of rotatable bonds is 2. The quantitative estimate of drug-likeness (QED) is 0.489. The van der Waals surface area contributed by atoms with Gasteiger partial charge in [-0.25, -0.2) is 8.78 Å². The fraction of sp³-hybridized carbons (Fsp3) is 0. The molecule has 0 saturated carbocycles. The van der Waals surface area contributed by atoms with Crippen LogP contribution in [-0.4, -0.2) is 5.78 Å². The third kappa shape index (κ3) is 1.56. The van der Waals surface area contributed by atoms with E-state index in [2.05, 4.69) is 6.58 Å². The monoisotopic (exact) mass is 168 g/mol. The lowest BCUT2D eigenvalue weighted by molar-refractivity contribution is 0.104. The molecule has 1 aromatic rings. The van der Waals surface area contributed by atoms with Crippen molar-refractivity contribution in [3.05, 3.63) is 48.1 Å². The van der Waals surface area contributed by atoms with Gasteiger partial charge in [0.05, 0.1) is 5.56 Å². The molecule has 1 rings (SSSR count). The molecule has 0 aromatic heterocycles. The van der Waals surface area contributed by atoms with Crippen LogP contribution in [0, 0.1) is 11.6 Å².